The molecule has 0 spiro atoms. The van der Waals surface area contributed by atoms with Crippen LogP contribution in [0.2, 0.25) is 0 Å². The lowest BCUT2D eigenvalue weighted by atomic mass is 10.1. The van der Waals surface area contributed by atoms with Crippen LogP contribution < -0.4 is 5.73 Å². The monoisotopic (exact) mass is 246 g/mol. The molecule has 0 amide bonds. The van der Waals surface area contributed by atoms with E-state index in [1.807, 2.05) is 24.7 Å². The summed E-state index contributed by atoms with van der Waals surface area (Å²) in [5, 5.41) is 0. The number of hydrogen-bond donors (Lipinski definition) is 1. The van der Waals surface area contributed by atoms with Gasteiger partial charge in [-0.2, -0.15) is 0 Å². The van der Waals surface area contributed by atoms with Gasteiger partial charge in [-0.3, -0.25) is 0 Å². The molecule has 2 heterocycles. The second-order valence-electron chi connectivity index (χ2n) is 4.14. The number of nitrogens with zero attached hydrogens (tertiary/aromatic N) is 3. The van der Waals surface area contributed by atoms with Crippen LogP contribution in [0.1, 0.15) is 19.4 Å². The summed E-state index contributed by atoms with van der Waals surface area (Å²) >= 11 is 0. The number of nitrogen functional groups attached to an aromatic ring is 1. The molecule has 0 fully saturated rings. The van der Waals surface area contributed by atoms with Crippen molar-refractivity contribution in [2.24, 2.45) is 0 Å². The Balaban J connectivity index is 2.41. The minimum Gasteiger partial charge on any atom is -0.383 e. The molecule has 5 nitrogen and oxygen atoms in total. The third-order valence-corrected chi connectivity index (χ3v) is 3.00. The van der Waals surface area contributed by atoms with Crippen LogP contribution in [0.15, 0.2) is 30.9 Å². The minimum atomic E-state index is 0.257. The van der Waals surface area contributed by atoms with Gasteiger partial charge in [0.1, 0.15) is 5.82 Å². The van der Waals surface area contributed by atoms with E-state index in [0.717, 1.165) is 17.7 Å². The number of ether oxygens (including phenoxy) is 1. The first-order valence-electron chi connectivity index (χ1n) is 5.99. The molecule has 1 unspecified atom stereocenters. The number of anilines is 1. The van der Waals surface area contributed by atoms with Crippen molar-refractivity contribution in [2.45, 2.75) is 19.4 Å². The fourth-order valence-electron chi connectivity index (χ4n) is 2.03. The van der Waals surface area contributed by atoms with Gasteiger partial charge < -0.3 is 15.0 Å². The van der Waals surface area contributed by atoms with E-state index in [1.165, 1.54) is 0 Å². The highest BCUT2D eigenvalue weighted by molar-refractivity contribution is 5.70. The van der Waals surface area contributed by atoms with E-state index in [2.05, 4.69) is 21.5 Å². The van der Waals surface area contributed by atoms with Gasteiger partial charge in [0.25, 0.3) is 0 Å². The zero-order valence-electron chi connectivity index (χ0n) is 10.7. The minimum absolute atomic E-state index is 0.257. The van der Waals surface area contributed by atoms with Gasteiger partial charge in [-0.15, -0.1) is 0 Å². The smallest absolute Gasteiger partial charge is 0.132 e. The van der Waals surface area contributed by atoms with Crippen molar-refractivity contribution in [3.05, 3.63) is 30.9 Å². The maximum absolute atomic E-state index is 5.91. The van der Waals surface area contributed by atoms with Crippen LogP contribution in [0.25, 0.3) is 11.3 Å². The first-order chi connectivity index (χ1) is 8.77. The van der Waals surface area contributed by atoms with Crippen LogP contribution in [-0.2, 0) is 4.74 Å². The lowest BCUT2D eigenvalue weighted by Crippen LogP contribution is -2.14. The standard InChI is InChI=1S/C13H18N4O/c1-3-10(8-18-2)17-9-15-7-12(17)11-5-4-6-16-13(11)14/h4-7,9-10H,3,8H2,1-2H3,(H2,14,16). The Labute approximate surface area is 107 Å². The number of nitrogens with two attached hydrogens (primary N) is 1. The van der Waals surface area contributed by atoms with Gasteiger partial charge in [-0.25, -0.2) is 9.97 Å². The summed E-state index contributed by atoms with van der Waals surface area (Å²) in [4.78, 5) is 8.33. The van der Waals surface area contributed by atoms with E-state index in [-0.39, 0.29) is 6.04 Å². The van der Waals surface area contributed by atoms with Gasteiger partial charge >= 0.3 is 0 Å². The quantitative estimate of drug-likeness (QED) is 0.877. The van der Waals surface area contributed by atoms with Crippen molar-refractivity contribution in [3.63, 3.8) is 0 Å². The lowest BCUT2D eigenvalue weighted by Gasteiger charge is -2.19. The summed E-state index contributed by atoms with van der Waals surface area (Å²) < 4.78 is 7.34. The number of hydrogen-bond acceptors (Lipinski definition) is 4. The largest absolute Gasteiger partial charge is 0.383 e. The van der Waals surface area contributed by atoms with Crippen molar-refractivity contribution >= 4 is 5.82 Å². The van der Waals surface area contributed by atoms with E-state index >= 15 is 0 Å². The Morgan fingerprint density at radius 3 is 3.00 bits per heavy atom. The molecule has 0 aliphatic heterocycles. The highest BCUT2D eigenvalue weighted by Gasteiger charge is 2.15. The fourth-order valence-corrected chi connectivity index (χ4v) is 2.03. The van der Waals surface area contributed by atoms with E-state index in [0.29, 0.717) is 12.4 Å². The molecule has 0 aliphatic rings. The van der Waals surface area contributed by atoms with Crippen molar-refractivity contribution in [1.82, 2.24) is 14.5 Å². The molecule has 0 aromatic carbocycles. The first-order valence-corrected chi connectivity index (χ1v) is 5.99. The zero-order valence-corrected chi connectivity index (χ0v) is 10.7. The first kappa shape index (κ1) is 12.6. The van der Waals surface area contributed by atoms with Crippen molar-refractivity contribution in [3.8, 4) is 11.3 Å². The number of imidazole rings is 1. The van der Waals surface area contributed by atoms with E-state index in [1.54, 1.807) is 13.3 Å². The average molecular weight is 246 g/mol. The highest BCUT2D eigenvalue weighted by Crippen LogP contribution is 2.27. The third kappa shape index (κ3) is 2.36. The number of methoxy groups -OCH3 is 1. The van der Waals surface area contributed by atoms with Gasteiger partial charge in [0.2, 0.25) is 0 Å². The van der Waals surface area contributed by atoms with Crippen LogP contribution in [0.3, 0.4) is 0 Å². The van der Waals surface area contributed by atoms with Crippen LogP contribution in [0.4, 0.5) is 5.82 Å². The molecule has 0 bridgehead atoms. The van der Waals surface area contributed by atoms with Crippen molar-refractivity contribution in [1.29, 1.82) is 0 Å². The van der Waals surface area contributed by atoms with Gasteiger partial charge in [-0.05, 0) is 18.6 Å². The average Bonchev–Trinajstić information content (AvgIpc) is 2.85. The number of aromatic nitrogens is 3. The second kappa shape index (κ2) is 5.64. The predicted molar refractivity (Wildman–Crippen MR) is 71.1 cm³/mol. The molecule has 1 atom stereocenters. The predicted octanol–water partition coefficient (Wildman–Crippen LogP) is 2.12. The Morgan fingerprint density at radius 2 is 2.33 bits per heavy atom. The topological polar surface area (TPSA) is 66.0 Å². The lowest BCUT2D eigenvalue weighted by molar-refractivity contribution is 0.153. The van der Waals surface area contributed by atoms with E-state index in [4.69, 9.17) is 10.5 Å². The summed E-state index contributed by atoms with van der Waals surface area (Å²) in [6.45, 7) is 2.78. The molecule has 2 aromatic rings. The molecule has 0 radical (unpaired) electrons. The van der Waals surface area contributed by atoms with Gasteiger partial charge in [0.05, 0.1) is 30.9 Å². The maximum atomic E-state index is 5.91. The molecule has 0 aliphatic carbocycles. The molecular formula is C13H18N4O. The van der Waals surface area contributed by atoms with Crippen LogP contribution in [0, 0.1) is 0 Å². The fraction of sp³-hybridized carbons (Fsp3) is 0.385. The molecule has 5 heteroatoms. The Bertz CT molecular complexity index is 509. The van der Waals surface area contributed by atoms with Gasteiger partial charge in [-0.1, -0.05) is 6.92 Å². The van der Waals surface area contributed by atoms with Crippen LogP contribution in [-0.4, -0.2) is 28.3 Å². The Hall–Kier alpha value is -1.88. The molecule has 2 N–H and O–H groups in total. The van der Waals surface area contributed by atoms with E-state index < -0.39 is 0 Å². The number of pyridine rings is 1. The molecular weight excluding hydrogens is 228 g/mol. The SMILES string of the molecule is CCC(COC)n1cncc1-c1cccnc1N. The van der Waals surface area contributed by atoms with Crippen molar-refractivity contribution < 1.29 is 4.74 Å². The van der Waals surface area contributed by atoms with Crippen molar-refractivity contribution in [2.75, 3.05) is 19.5 Å². The third-order valence-electron chi connectivity index (χ3n) is 3.00. The van der Waals surface area contributed by atoms with E-state index in [9.17, 15) is 0 Å². The molecule has 2 rings (SSSR count). The maximum Gasteiger partial charge on any atom is 0.132 e. The molecule has 18 heavy (non-hydrogen) atoms. The normalized spacial score (nSPS) is 12.6. The summed E-state index contributed by atoms with van der Waals surface area (Å²) in [6, 6.07) is 4.09. The summed E-state index contributed by atoms with van der Waals surface area (Å²) in [7, 11) is 1.71. The Kier molecular flexibility index (Phi) is 3.94. The van der Waals surface area contributed by atoms with Crippen LogP contribution >= 0.6 is 0 Å². The van der Waals surface area contributed by atoms with Gasteiger partial charge in [0.15, 0.2) is 0 Å². The highest BCUT2D eigenvalue weighted by atomic mass is 16.5. The zero-order chi connectivity index (χ0) is 13.0. The van der Waals surface area contributed by atoms with Gasteiger partial charge in [0, 0.05) is 18.9 Å². The number of rotatable bonds is 5. The van der Waals surface area contributed by atoms with Crippen LogP contribution in [0.5, 0.6) is 0 Å². The summed E-state index contributed by atoms with van der Waals surface area (Å²) in [6.07, 6.45) is 6.28. The summed E-state index contributed by atoms with van der Waals surface area (Å²) in [5.74, 6) is 0.520. The molecule has 0 saturated carbocycles. The molecule has 96 valence electrons. The Morgan fingerprint density at radius 1 is 1.50 bits per heavy atom. The second-order valence-corrected chi connectivity index (χ2v) is 4.14. The molecule has 2 aromatic heterocycles. The summed E-state index contributed by atoms with van der Waals surface area (Å²) in [5.41, 5.74) is 7.80. The molecule has 0 saturated heterocycles.